The van der Waals surface area contributed by atoms with Gasteiger partial charge in [0.05, 0.1) is 12.1 Å². The lowest BCUT2D eigenvalue weighted by atomic mass is 10.1. The number of aryl methyl sites for hydroxylation is 1. The smallest absolute Gasteiger partial charge is 0.230 e. The van der Waals surface area contributed by atoms with Gasteiger partial charge in [-0.3, -0.25) is 4.79 Å². The van der Waals surface area contributed by atoms with Crippen molar-refractivity contribution >= 4 is 44.5 Å². The van der Waals surface area contributed by atoms with Crippen LogP contribution in [0.2, 0.25) is 0 Å². The molecule has 3 aromatic rings. The molecule has 4 nitrogen and oxygen atoms in total. The quantitative estimate of drug-likeness (QED) is 0.620. The van der Waals surface area contributed by atoms with Crippen molar-refractivity contribution in [1.82, 2.24) is 4.57 Å². The third kappa shape index (κ3) is 4.71. The molecule has 0 spiro atoms. The number of anilines is 1. The second-order valence-corrected chi connectivity index (χ2v) is 7.68. The second-order valence-electron chi connectivity index (χ2n) is 5.93. The molecular weight excluding hydrogens is 410 g/mol. The summed E-state index contributed by atoms with van der Waals surface area (Å²) in [5.74, 6) is -0.0298. The fourth-order valence-corrected chi connectivity index (χ4v) is 3.66. The molecule has 1 amide bonds. The minimum Gasteiger partial charge on any atom is -0.326 e. The second kappa shape index (κ2) is 8.47. The topological polar surface area (TPSA) is 46.4 Å². The van der Waals surface area contributed by atoms with Gasteiger partial charge in [0, 0.05) is 28.3 Å². The summed E-state index contributed by atoms with van der Waals surface area (Å²) in [5.41, 5.74) is 3.91. The van der Waals surface area contributed by atoms with Crippen LogP contribution < -0.4 is 10.1 Å². The van der Waals surface area contributed by atoms with Gasteiger partial charge in [0.25, 0.3) is 0 Å². The van der Waals surface area contributed by atoms with E-state index in [1.54, 1.807) is 0 Å². The van der Waals surface area contributed by atoms with Crippen molar-refractivity contribution < 1.29 is 4.79 Å². The Morgan fingerprint density at radius 3 is 2.50 bits per heavy atom. The molecule has 0 saturated carbocycles. The molecule has 0 saturated heterocycles. The molecule has 0 aliphatic heterocycles. The zero-order chi connectivity index (χ0) is 18.5. The highest BCUT2D eigenvalue weighted by atomic mass is 79.9. The predicted molar refractivity (Wildman–Crippen MR) is 111 cm³/mol. The third-order valence-corrected chi connectivity index (χ3v) is 5.55. The van der Waals surface area contributed by atoms with Gasteiger partial charge in [-0.2, -0.15) is 0 Å². The van der Waals surface area contributed by atoms with Crippen molar-refractivity contribution in [3.05, 3.63) is 74.4 Å². The summed E-state index contributed by atoms with van der Waals surface area (Å²) < 4.78 is 2.99. The zero-order valence-electron chi connectivity index (χ0n) is 14.7. The number of thiazole rings is 1. The number of aromatic nitrogens is 1. The lowest BCUT2D eigenvalue weighted by molar-refractivity contribution is -0.115. The number of hydrogen-bond donors (Lipinski definition) is 1. The first-order chi connectivity index (χ1) is 12.5. The van der Waals surface area contributed by atoms with Crippen LogP contribution >= 0.6 is 27.3 Å². The van der Waals surface area contributed by atoms with Gasteiger partial charge in [0.2, 0.25) is 5.91 Å². The summed E-state index contributed by atoms with van der Waals surface area (Å²) in [4.78, 5) is 17.8. The van der Waals surface area contributed by atoms with E-state index in [2.05, 4.69) is 33.2 Å². The SMILES string of the molecule is CCc1ccc(NC(=O)Cc2csc(=Nc3ccc(Br)cc3)n2C)cc1. The number of nitrogens with zero attached hydrogens (tertiary/aromatic N) is 2. The first-order valence-corrected chi connectivity index (χ1v) is 10.0. The maximum absolute atomic E-state index is 12.3. The lowest BCUT2D eigenvalue weighted by Gasteiger charge is -2.06. The van der Waals surface area contributed by atoms with Crippen molar-refractivity contribution in [3.8, 4) is 0 Å². The molecule has 26 heavy (non-hydrogen) atoms. The van der Waals surface area contributed by atoms with E-state index >= 15 is 0 Å². The zero-order valence-corrected chi connectivity index (χ0v) is 17.1. The van der Waals surface area contributed by atoms with Crippen LogP contribution in [-0.4, -0.2) is 10.5 Å². The summed E-state index contributed by atoms with van der Waals surface area (Å²) in [7, 11) is 1.94. The molecular formula is C20H20BrN3OS. The van der Waals surface area contributed by atoms with Crippen molar-refractivity contribution in [2.24, 2.45) is 12.0 Å². The number of carbonyl (C=O) groups excluding carboxylic acids is 1. The van der Waals surface area contributed by atoms with Gasteiger partial charge in [-0.25, -0.2) is 4.99 Å². The molecule has 0 radical (unpaired) electrons. The Hall–Kier alpha value is -2.18. The van der Waals surface area contributed by atoms with E-state index in [0.29, 0.717) is 6.42 Å². The van der Waals surface area contributed by atoms with E-state index in [-0.39, 0.29) is 5.91 Å². The Morgan fingerprint density at radius 2 is 1.85 bits per heavy atom. The van der Waals surface area contributed by atoms with Crippen molar-refractivity contribution in [3.63, 3.8) is 0 Å². The van der Waals surface area contributed by atoms with E-state index in [1.165, 1.54) is 16.9 Å². The third-order valence-electron chi connectivity index (χ3n) is 4.06. The molecule has 1 heterocycles. The summed E-state index contributed by atoms with van der Waals surface area (Å²) in [6, 6.07) is 15.8. The highest BCUT2D eigenvalue weighted by molar-refractivity contribution is 9.10. The average Bonchev–Trinajstić information content (AvgIpc) is 2.97. The summed E-state index contributed by atoms with van der Waals surface area (Å²) in [6.45, 7) is 2.11. The molecule has 0 aliphatic carbocycles. The maximum Gasteiger partial charge on any atom is 0.230 e. The number of halogens is 1. The Bertz CT molecular complexity index is 956. The van der Waals surface area contributed by atoms with Crippen molar-refractivity contribution in [1.29, 1.82) is 0 Å². The largest absolute Gasteiger partial charge is 0.326 e. The summed E-state index contributed by atoms with van der Waals surface area (Å²) in [5, 5.41) is 4.93. The molecule has 1 N–H and O–H groups in total. The van der Waals surface area contributed by atoms with E-state index in [9.17, 15) is 4.79 Å². The minimum absolute atomic E-state index is 0.0298. The van der Waals surface area contributed by atoms with E-state index in [1.807, 2.05) is 65.5 Å². The first-order valence-electron chi connectivity index (χ1n) is 8.37. The van der Waals surface area contributed by atoms with Crippen LogP contribution in [0.15, 0.2) is 63.4 Å². The number of rotatable bonds is 5. The van der Waals surface area contributed by atoms with Gasteiger partial charge in [0.15, 0.2) is 4.80 Å². The Balaban J connectivity index is 1.71. The fraction of sp³-hybridized carbons (Fsp3) is 0.200. The highest BCUT2D eigenvalue weighted by Crippen LogP contribution is 2.16. The van der Waals surface area contributed by atoms with Crippen LogP contribution in [0.3, 0.4) is 0 Å². The van der Waals surface area contributed by atoms with E-state index in [0.717, 1.165) is 32.8 Å². The highest BCUT2D eigenvalue weighted by Gasteiger charge is 2.09. The molecule has 0 unspecified atom stereocenters. The van der Waals surface area contributed by atoms with Crippen LogP contribution in [0.25, 0.3) is 0 Å². The number of nitrogens with one attached hydrogen (secondary N) is 1. The van der Waals surface area contributed by atoms with Gasteiger partial charge in [-0.05, 0) is 48.4 Å². The number of carbonyl (C=O) groups is 1. The predicted octanol–water partition coefficient (Wildman–Crippen LogP) is 4.83. The number of hydrogen-bond acceptors (Lipinski definition) is 3. The molecule has 1 aromatic heterocycles. The molecule has 0 aliphatic rings. The molecule has 0 bridgehead atoms. The van der Waals surface area contributed by atoms with E-state index < -0.39 is 0 Å². The summed E-state index contributed by atoms with van der Waals surface area (Å²) >= 11 is 4.96. The molecule has 0 atom stereocenters. The Labute approximate surface area is 165 Å². The standard InChI is InChI=1S/C20H20BrN3OS/c1-3-14-4-8-16(9-5-14)22-19(25)12-18-13-26-20(24(18)2)23-17-10-6-15(21)7-11-17/h4-11,13H,3,12H2,1-2H3,(H,22,25). The van der Waals surface area contributed by atoms with Crippen LogP contribution in [0.1, 0.15) is 18.2 Å². The van der Waals surface area contributed by atoms with Gasteiger partial charge < -0.3 is 9.88 Å². The van der Waals surface area contributed by atoms with Crippen LogP contribution in [-0.2, 0) is 24.7 Å². The van der Waals surface area contributed by atoms with Gasteiger partial charge in [-0.1, -0.05) is 35.0 Å². The average molecular weight is 430 g/mol. The molecule has 6 heteroatoms. The van der Waals surface area contributed by atoms with Gasteiger partial charge >= 0.3 is 0 Å². The normalized spacial score (nSPS) is 11.6. The minimum atomic E-state index is -0.0298. The monoisotopic (exact) mass is 429 g/mol. The maximum atomic E-state index is 12.3. The van der Waals surface area contributed by atoms with Crippen LogP contribution in [0, 0.1) is 0 Å². The van der Waals surface area contributed by atoms with Crippen LogP contribution in [0.5, 0.6) is 0 Å². The molecule has 134 valence electrons. The number of benzene rings is 2. The van der Waals surface area contributed by atoms with Crippen molar-refractivity contribution in [2.45, 2.75) is 19.8 Å². The van der Waals surface area contributed by atoms with Crippen molar-refractivity contribution in [2.75, 3.05) is 5.32 Å². The van der Waals surface area contributed by atoms with Gasteiger partial charge in [0.1, 0.15) is 0 Å². The summed E-state index contributed by atoms with van der Waals surface area (Å²) in [6.07, 6.45) is 1.31. The molecule has 3 rings (SSSR count). The number of amides is 1. The Kier molecular flexibility index (Phi) is 6.06. The molecule has 0 fully saturated rings. The van der Waals surface area contributed by atoms with Crippen LogP contribution in [0.4, 0.5) is 11.4 Å². The fourth-order valence-electron chi connectivity index (χ4n) is 2.48. The van der Waals surface area contributed by atoms with Gasteiger partial charge in [-0.15, -0.1) is 11.3 Å². The molecule has 2 aromatic carbocycles. The first kappa shape index (κ1) is 18.6. The lowest BCUT2D eigenvalue weighted by Crippen LogP contribution is -2.19. The van der Waals surface area contributed by atoms with E-state index in [4.69, 9.17) is 0 Å². The Morgan fingerprint density at radius 1 is 1.15 bits per heavy atom.